The number of carbonyl (C=O) groups excluding carboxylic acids is 2. The van der Waals surface area contributed by atoms with E-state index < -0.39 is 55.8 Å². The Morgan fingerprint density at radius 1 is 1.19 bits per heavy atom. The lowest BCUT2D eigenvalue weighted by Gasteiger charge is -2.27. The van der Waals surface area contributed by atoms with Gasteiger partial charge in [0, 0.05) is 11.1 Å². The van der Waals surface area contributed by atoms with E-state index in [-0.39, 0.29) is 12.2 Å². The zero-order chi connectivity index (χ0) is 23.8. The molecule has 32 heavy (non-hydrogen) atoms. The Labute approximate surface area is 189 Å². The molecule has 1 atom stereocenters. The summed E-state index contributed by atoms with van der Waals surface area (Å²) in [7, 11) is -4.28. The first-order chi connectivity index (χ1) is 14.8. The van der Waals surface area contributed by atoms with Crippen LogP contribution in [0.3, 0.4) is 0 Å². The van der Waals surface area contributed by atoms with Crippen molar-refractivity contribution in [2.75, 3.05) is 10.7 Å². The Hall–Kier alpha value is -2.72. The quantitative estimate of drug-likeness (QED) is 0.665. The molecule has 0 aromatic heterocycles. The molecule has 0 aliphatic carbocycles. The summed E-state index contributed by atoms with van der Waals surface area (Å²) in [6.07, 6.45) is -0.999. The van der Waals surface area contributed by atoms with Crippen LogP contribution in [0.25, 0.3) is 0 Å². The van der Waals surface area contributed by atoms with Crippen LogP contribution in [0.15, 0.2) is 41.3 Å². The minimum absolute atomic E-state index is 0.171. The Morgan fingerprint density at radius 3 is 2.38 bits per heavy atom. The molecule has 0 saturated heterocycles. The zero-order valence-corrected chi connectivity index (χ0v) is 19.1. The van der Waals surface area contributed by atoms with E-state index in [9.17, 15) is 26.8 Å². The van der Waals surface area contributed by atoms with E-state index in [1.54, 1.807) is 45.0 Å². The molecule has 7 nitrogen and oxygen atoms in total. The van der Waals surface area contributed by atoms with Crippen LogP contribution in [0.4, 0.5) is 19.3 Å². The third kappa shape index (κ3) is 5.36. The van der Waals surface area contributed by atoms with Crippen molar-refractivity contribution in [3.63, 3.8) is 0 Å². The van der Waals surface area contributed by atoms with Gasteiger partial charge in [0.2, 0.25) is 0 Å². The summed E-state index contributed by atoms with van der Waals surface area (Å²) < 4.78 is 59.0. The van der Waals surface area contributed by atoms with Crippen molar-refractivity contribution in [1.82, 2.24) is 5.32 Å². The summed E-state index contributed by atoms with van der Waals surface area (Å²) in [5.41, 5.74) is -0.666. The maximum atomic E-state index is 14.1. The number of ether oxygens (including phenoxy) is 1. The number of halogens is 3. The number of carbonyl (C=O) groups is 2. The van der Waals surface area contributed by atoms with E-state index in [1.807, 2.05) is 0 Å². The number of sulfone groups is 1. The highest BCUT2D eigenvalue weighted by Crippen LogP contribution is 2.34. The molecule has 172 valence electrons. The average Bonchev–Trinajstić information content (AvgIpc) is 2.72. The normalized spacial score (nSPS) is 18.0. The fourth-order valence-electron chi connectivity index (χ4n) is 3.15. The third-order valence-corrected chi connectivity index (χ3v) is 6.54. The number of benzene rings is 2. The van der Waals surface area contributed by atoms with Crippen molar-refractivity contribution in [1.29, 1.82) is 0 Å². The summed E-state index contributed by atoms with van der Waals surface area (Å²) in [6, 6.07) is 6.00. The summed E-state index contributed by atoms with van der Waals surface area (Å²) in [4.78, 5) is 26.0. The molecule has 1 aliphatic heterocycles. The largest absolute Gasteiger partial charge is 0.444 e. The Kier molecular flexibility index (Phi) is 6.48. The smallest absolute Gasteiger partial charge is 0.408 e. The van der Waals surface area contributed by atoms with Crippen LogP contribution in [0.5, 0.6) is 0 Å². The highest BCUT2D eigenvalue weighted by atomic mass is 35.5. The van der Waals surface area contributed by atoms with Gasteiger partial charge < -0.3 is 15.0 Å². The SMILES string of the molecule is CC(C)(C)OC(=O)N[C@H]1CS(=O)(=O)c2cc(F)c(F)cc2N(Cc2ccc(Cl)cc2)C1=O. The molecular formula is C21H21ClF2N2O5S. The number of hydrogen-bond acceptors (Lipinski definition) is 5. The predicted octanol–water partition coefficient (Wildman–Crippen LogP) is 3.83. The number of amides is 2. The molecule has 0 radical (unpaired) electrons. The van der Waals surface area contributed by atoms with E-state index in [4.69, 9.17) is 16.3 Å². The molecule has 2 aromatic carbocycles. The topological polar surface area (TPSA) is 92.8 Å². The maximum Gasteiger partial charge on any atom is 0.408 e. The number of hydrogen-bond donors (Lipinski definition) is 1. The van der Waals surface area contributed by atoms with Crippen molar-refractivity contribution >= 4 is 39.1 Å². The molecule has 1 aliphatic rings. The summed E-state index contributed by atoms with van der Waals surface area (Å²) >= 11 is 5.89. The number of nitrogens with zero attached hydrogens (tertiary/aromatic N) is 1. The van der Waals surface area contributed by atoms with Gasteiger partial charge in [0.05, 0.1) is 22.9 Å². The molecule has 0 spiro atoms. The first-order valence-electron chi connectivity index (χ1n) is 9.54. The third-order valence-electron chi connectivity index (χ3n) is 4.52. The monoisotopic (exact) mass is 486 g/mol. The highest BCUT2D eigenvalue weighted by molar-refractivity contribution is 7.91. The first kappa shape index (κ1) is 23.9. The lowest BCUT2D eigenvalue weighted by molar-refractivity contribution is -0.120. The van der Waals surface area contributed by atoms with Crippen LogP contribution in [-0.2, 0) is 25.9 Å². The molecule has 2 amide bonds. The second-order valence-corrected chi connectivity index (χ2v) is 10.7. The van der Waals surface area contributed by atoms with Gasteiger partial charge in [0.25, 0.3) is 5.91 Å². The second-order valence-electron chi connectivity index (χ2n) is 8.27. The molecule has 1 N–H and O–H groups in total. The molecule has 0 unspecified atom stereocenters. The standard InChI is InChI=1S/C21H21ClF2N2O5S/c1-21(2,3)31-20(28)25-16-11-32(29,30)18-9-15(24)14(23)8-17(18)26(19(16)27)10-12-4-6-13(22)7-5-12/h4-9,16H,10-11H2,1-3H3,(H,25,28)/t16-/m0/s1. The van der Waals surface area contributed by atoms with E-state index in [2.05, 4.69) is 5.32 Å². The van der Waals surface area contributed by atoms with Crippen molar-refractivity contribution < 1.29 is 31.5 Å². The van der Waals surface area contributed by atoms with Crippen LogP contribution in [0.2, 0.25) is 5.02 Å². The highest BCUT2D eigenvalue weighted by Gasteiger charge is 2.40. The zero-order valence-electron chi connectivity index (χ0n) is 17.5. The minimum atomic E-state index is -4.28. The van der Waals surface area contributed by atoms with E-state index >= 15 is 0 Å². The molecule has 1 heterocycles. The molecule has 3 rings (SSSR count). The summed E-state index contributed by atoms with van der Waals surface area (Å²) in [6.45, 7) is 4.64. The second kappa shape index (κ2) is 8.67. The lowest BCUT2D eigenvalue weighted by Crippen LogP contribution is -2.51. The number of alkyl carbamates (subject to hydrolysis) is 1. The van der Waals surface area contributed by atoms with Crippen LogP contribution < -0.4 is 10.2 Å². The fourth-order valence-corrected chi connectivity index (χ4v) is 4.90. The fraction of sp³-hybridized carbons (Fsp3) is 0.333. The Balaban J connectivity index is 2.08. The number of fused-ring (bicyclic) bond motifs is 1. The summed E-state index contributed by atoms with van der Waals surface area (Å²) in [5.74, 6) is -4.35. The van der Waals surface area contributed by atoms with Gasteiger partial charge >= 0.3 is 6.09 Å². The maximum absolute atomic E-state index is 14.1. The molecule has 0 bridgehead atoms. The van der Waals surface area contributed by atoms with Crippen LogP contribution in [0.1, 0.15) is 26.3 Å². The number of anilines is 1. The van der Waals surface area contributed by atoms with Crippen molar-refractivity contribution in [2.24, 2.45) is 0 Å². The van der Waals surface area contributed by atoms with Gasteiger partial charge in [-0.25, -0.2) is 22.0 Å². The Morgan fingerprint density at radius 2 is 1.78 bits per heavy atom. The van der Waals surface area contributed by atoms with Gasteiger partial charge in [-0.1, -0.05) is 23.7 Å². The molecule has 0 saturated carbocycles. The van der Waals surface area contributed by atoms with Crippen LogP contribution in [0, 0.1) is 11.6 Å². The van der Waals surface area contributed by atoms with Crippen LogP contribution >= 0.6 is 11.6 Å². The van der Waals surface area contributed by atoms with Gasteiger partial charge in [-0.3, -0.25) is 4.79 Å². The van der Waals surface area contributed by atoms with Gasteiger partial charge in [0.15, 0.2) is 21.5 Å². The number of nitrogens with one attached hydrogen (secondary N) is 1. The first-order valence-corrected chi connectivity index (χ1v) is 11.6. The van der Waals surface area contributed by atoms with E-state index in [0.29, 0.717) is 22.7 Å². The Bertz CT molecular complexity index is 1160. The van der Waals surface area contributed by atoms with Crippen molar-refractivity contribution in [2.45, 2.75) is 43.9 Å². The van der Waals surface area contributed by atoms with Gasteiger partial charge in [-0.15, -0.1) is 0 Å². The van der Waals surface area contributed by atoms with Gasteiger partial charge in [-0.05, 0) is 44.5 Å². The molecule has 11 heteroatoms. The van der Waals surface area contributed by atoms with Gasteiger partial charge in [0.1, 0.15) is 11.6 Å². The van der Waals surface area contributed by atoms with Crippen molar-refractivity contribution in [3.05, 3.63) is 58.6 Å². The molecule has 0 fully saturated rings. The average molecular weight is 487 g/mol. The predicted molar refractivity (Wildman–Crippen MR) is 114 cm³/mol. The number of rotatable bonds is 3. The minimum Gasteiger partial charge on any atom is -0.444 e. The van der Waals surface area contributed by atoms with Crippen LogP contribution in [-0.4, -0.2) is 37.8 Å². The molecule has 2 aromatic rings. The summed E-state index contributed by atoms with van der Waals surface area (Å²) in [5, 5.41) is 2.71. The van der Waals surface area contributed by atoms with E-state index in [1.165, 1.54) is 0 Å². The lowest BCUT2D eigenvalue weighted by atomic mass is 10.1. The molecular weight excluding hydrogens is 466 g/mol. The van der Waals surface area contributed by atoms with Crippen molar-refractivity contribution in [3.8, 4) is 0 Å². The van der Waals surface area contributed by atoms with E-state index in [0.717, 1.165) is 4.90 Å². The van der Waals surface area contributed by atoms with Gasteiger partial charge in [-0.2, -0.15) is 0 Å².